The monoisotopic (exact) mass is 516 g/mol. The largest absolute Gasteiger partial charge is 0.465 e. The van der Waals surface area contributed by atoms with Gasteiger partial charge in [-0.15, -0.1) is 0 Å². The number of furan rings is 3. The van der Waals surface area contributed by atoms with Crippen molar-refractivity contribution in [2.45, 2.75) is 0 Å². The molecular formula is C17H11Br3O4. The van der Waals surface area contributed by atoms with Crippen molar-refractivity contribution in [3.05, 3.63) is 75.9 Å². The zero-order valence-corrected chi connectivity index (χ0v) is 16.9. The highest BCUT2D eigenvalue weighted by molar-refractivity contribution is 9.28. The van der Waals surface area contributed by atoms with Crippen LogP contribution in [0.1, 0.15) is 22.1 Å². The molecule has 0 fully saturated rings. The van der Waals surface area contributed by atoms with E-state index in [1.165, 1.54) is 6.26 Å². The number of halogens is 3. The van der Waals surface area contributed by atoms with Crippen LogP contribution < -0.4 is 0 Å². The first kappa shape index (κ1) is 20.3. The fraction of sp³-hybridized carbons (Fsp3) is 0. The second-order valence-electron chi connectivity index (χ2n) is 3.78. The van der Waals surface area contributed by atoms with E-state index in [0.717, 1.165) is 9.15 Å². The van der Waals surface area contributed by atoms with Crippen LogP contribution >= 0.6 is 47.8 Å². The summed E-state index contributed by atoms with van der Waals surface area (Å²) in [6.45, 7) is 0. The Balaban J connectivity index is 0.000000181. The second-order valence-corrected chi connectivity index (χ2v) is 6.95. The molecular weight excluding hydrogens is 508 g/mol. The molecule has 0 unspecified atom stereocenters. The number of aldehydes is 1. The number of hydrogen-bond donors (Lipinski definition) is 0. The first-order valence-corrected chi connectivity index (χ1v) is 8.73. The van der Waals surface area contributed by atoms with E-state index in [9.17, 15) is 4.79 Å². The summed E-state index contributed by atoms with van der Waals surface area (Å²) in [7, 11) is 0. The molecule has 4 nitrogen and oxygen atoms in total. The Morgan fingerprint density at radius 3 is 1.88 bits per heavy atom. The lowest BCUT2D eigenvalue weighted by Crippen LogP contribution is -1.65. The third-order valence-electron chi connectivity index (χ3n) is 2.15. The molecule has 24 heavy (non-hydrogen) atoms. The quantitative estimate of drug-likeness (QED) is 0.289. The van der Waals surface area contributed by atoms with Crippen LogP contribution in [-0.4, -0.2) is 6.29 Å². The maximum Gasteiger partial charge on any atom is 0.185 e. The minimum atomic E-state index is 0.375. The van der Waals surface area contributed by atoms with Crippen molar-refractivity contribution in [1.82, 2.24) is 0 Å². The summed E-state index contributed by atoms with van der Waals surface area (Å²) in [5.41, 5.74) is 0. The Kier molecular flexibility index (Phi) is 10.7. The first-order chi connectivity index (χ1) is 11.7. The molecule has 0 saturated carbocycles. The van der Waals surface area contributed by atoms with Crippen molar-refractivity contribution in [3.8, 4) is 10.8 Å². The van der Waals surface area contributed by atoms with Gasteiger partial charge in [0.2, 0.25) is 0 Å². The topological polar surface area (TPSA) is 56.5 Å². The average Bonchev–Trinajstić information content (AvgIpc) is 3.32. The molecule has 0 aromatic carbocycles. The van der Waals surface area contributed by atoms with Crippen LogP contribution in [0.25, 0.3) is 6.08 Å². The third kappa shape index (κ3) is 9.40. The lowest BCUT2D eigenvalue weighted by atomic mass is 10.5. The number of carbonyl (C=O) groups is 1. The van der Waals surface area contributed by atoms with E-state index in [-0.39, 0.29) is 0 Å². The summed E-state index contributed by atoms with van der Waals surface area (Å²) >= 11 is 9.38. The summed E-state index contributed by atoms with van der Waals surface area (Å²) in [6.07, 6.45) is 7.19. The van der Waals surface area contributed by atoms with E-state index in [1.54, 1.807) is 36.8 Å². The molecule has 0 atom stereocenters. The number of rotatable bonds is 2. The molecule has 0 aliphatic rings. The predicted molar refractivity (Wildman–Crippen MR) is 103 cm³/mol. The standard InChI is InChI=1S/C6H4Br2O.C6H3BrO.C5H4O2/c7-6(8)4-5-2-1-3-9-5;7-4-3-6-2-1-5-8-6;6-4-5-2-1-3-7-5/h1-4H;1-2,5H;1-4H. The van der Waals surface area contributed by atoms with Gasteiger partial charge in [0.15, 0.2) is 17.8 Å². The van der Waals surface area contributed by atoms with Gasteiger partial charge in [-0.2, -0.15) is 0 Å². The van der Waals surface area contributed by atoms with Gasteiger partial charge in [0.25, 0.3) is 0 Å². The van der Waals surface area contributed by atoms with Crippen LogP contribution in [0, 0.1) is 10.8 Å². The molecule has 124 valence electrons. The third-order valence-corrected chi connectivity index (χ3v) is 2.80. The van der Waals surface area contributed by atoms with Crippen LogP contribution in [0.2, 0.25) is 0 Å². The molecule has 0 aliphatic carbocycles. The van der Waals surface area contributed by atoms with E-state index >= 15 is 0 Å². The lowest BCUT2D eigenvalue weighted by Gasteiger charge is -1.81. The summed E-state index contributed by atoms with van der Waals surface area (Å²) in [4.78, 5) is 12.3. The summed E-state index contributed by atoms with van der Waals surface area (Å²) < 4.78 is 15.4. The van der Waals surface area contributed by atoms with Crippen LogP contribution in [0.15, 0.2) is 71.8 Å². The molecule has 0 N–H and O–H groups in total. The first-order valence-electron chi connectivity index (χ1n) is 6.35. The highest BCUT2D eigenvalue weighted by atomic mass is 79.9. The van der Waals surface area contributed by atoms with Crippen molar-refractivity contribution >= 4 is 60.2 Å². The van der Waals surface area contributed by atoms with Gasteiger partial charge in [-0.25, -0.2) is 0 Å². The van der Waals surface area contributed by atoms with E-state index < -0.39 is 0 Å². The van der Waals surface area contributed by atoms with Crippen LogP contribution in [0.4, 0.5) is 0 Å². The highest BCUT2D eigenvalue weighted by Gasteiger charge is 1.88. The van der Waals surface area contributed by atoms with Gasteiger partial charge in [-0.1, -0.05) is 0 Å². The van der Waals surface area contributed by atoms with Crippen molar-refractivity contribution < 1.29 is 18.0 Å². The smallest absolute Gasteiger partial charge is 0.185 e. The predicted octanol–water partition coefficient (Wildman–Crippen LogP) is 6.44. The molecule has 0 saturated heterocycles. The van der Waals surface area contributed by atoms with Gasteiger partial charge in [-0.05, 0) is 79.0 Å². The van der Waals surface area contributed by atoms with Crippen molar-refractivity contribution in [2.24, 2.45) is 0 Å². The van der Waals surface area contributed by atoms with Crippen molar-refractivity contribution in [3.63, 3.8) is 0 Å². The Labute approximate surface area is 164 Å². The van der Waals surface area contributed by atoms with Crippen LogP contribution in [0.3, 0.4) is 0 Å². The zero-order valence-electron chi connectivity index (χ0n) is 12.1. The molecule has 3 aromatic rings. The van der Waals surface area contributed by atoms with Crippen LogP contribution in [-0.2, 0) is 0 Å². The Hall–Kier alpha value is -1.75. The number of hydrogen-bond acceptors (Lipinski definition) is 4. The molecule has 7 heteroatoms. The zero-order chi connectivity index (χ0) is 17.6. The normalized spacial score (nSPS) is 8.46. The summed E-state index contributed by atoms with van der Waals surface area (Å²) in [6, 6.07) is 10.6. The minimum absolute atomic E-state index is 0.375. The molecule has 3 heterocycles. The minimum Gasteiger partial charge on any atom is -0.465 e. The van der Waals surface area contributed by atoms with Gasteiger partial charge in [-0.3, -0.25) is 4.79 Å². The fourth-order valence-corrected chi connectivity index (χ4v) is 1.88. The van der Waals surface area contributed by atoms with Gasteiger partial charge in [0.1, 0.15) is 5.76 Å². The van der Waals surface area contributed by atoms with Gasteiger partial charge >= 0.3 is 0 Å². The van der Waals surface area contributed by atoms with Crippen molar-refractivity contribution in [1.29, 1.82) is 0 Å². The van der Waals surface area contributed by atoms with Crippen molar-refractivity contribution in [2.75, 3.05) is 0 Å². The molecule has 0 aliphatic heterocycles. The fourth-order valence-electron chi connectivity index (χ4n) is 1.24. The lowest BCUT2D eigenvalue weighted by molar-refractivity contribution is 0.110. The number of carbonyl (C=O) groups excluding carboxylic acids is 1. The maximum absolute atomic E-state index is 9.77. The molecule has 0 spiro atoms. The SMILES string of the molecule is BrC#Cc1ccco1.BrC(Br)=Cc1ccco1.O=Cc1ccco1. The van der Waals surface area contributed by atoms with E-state index in [0.29, 0.717) is 17.8 Å². The molecule has 3 aromatic heterocycles. The van der Waals surface area contributed by atoms with E-state index in [1.807, 2.05) is 18.2 Å². The van der Waals surface area contributed by atoms with E-state index in [4.69, 9.17) is 8.83 Å². The summed E-state index contributed by atoms with van der Waals surface area (Å²) in [5.74, 6) is 4.58. The second kappa shape index (κ2) is 12.6. The molecule has 0 amide bonds. The van der Waals surface area contributed by atoms with Gasteiger partial charge in [0, 0.05) is 22.0 Å². The summed E-state index contributed by atoms with van der Waals surface area (Å²) in [5, 5.41) is 0. The maximum atomic E-state index is 9.77. The van der Waals surface area contributed by atoms with E-state index in [2.05, 4.69) is 63.0 Å². The molecule has 0 radical (unpaired) electrons. The molecule has 3 rings (SSSR count). The highest BCUT2D eigenvalue weighted by Crippen LogP contribution is 2.17. The average molecular weight is 519 g/mol. The van der Waals surface area contributed by atoms with Crippen LogP contribution in [0.5, 0.6) is 0 Å². The van der Waals surface area contributed by atoms with Gasteiger partial charge < -0.3 is 13.3 Å². The molecule has 0 bridgehead atoms. The Morgan fingerprint density at radius 1 is 0.917 bits per heavy atom. The van der Waals surface area contributed by atoms with Gasteiger partial charge in [0.05, 0.1) is 22.2 Å². The Morgan fingerprint density at radius 2 is 1.50 bits per heavy atom. The Bertz CT molecular complexity index is 758.